The van der Waals surface area contributed by atoms with Gasteiger partial charge in [-0.1, -0.05) is 24.6 Å². The van der Waals surface area contributed by atoms with Crippen LogP contribution in [0.4, 0.5) is 0 Å². The fraction of sp³-hybridized carbons (Fsp3) is 0.579. The Balaban J connectivity index is 1.83. The number of sulfonamides is 1. The number of quaternary nitrogens is 1. The summed E-state index contributed by atoms with van der Waals surface area (Å²) in [5.74, 6) is -0.401. The van der Waals surface area contributed by atoms with E-state index in [1.807, 2.05) is 32.9 Å². The lowest BCUT2D eigenvalue weighted by molar-refractivity contribution is -0.895. The number of carbonyl (C=O) groups is 2. The Bertz CT molecular complexity index is 802. The van der Waals surface area contributed by atoms with Crippen molar-refractivity contribution >= 4 is 21.8 Å². The third-order valence-corrected chi connectivity index (χ3v) is 6.87. The lowest BCUT2D eigenvalue weighted by Crippen LogP contribution is -3.15. The topological polar surface area (TPSA) is 100 Å². The third-order valence-electron chi connectivity index (χ3n) is 4.81. The van der Waals surface area contributed by atoms with Crippen molar-refractivity contribution in [3.8, 4) is 0 Å². The Morgan fingerprint density at radius 2 is 1.79 bits per heavy atom. The van der Waals surface area contributed by atoms with Crippen molar-refractivity contribution in [3.63, 3.8) is 0 Å². The van der Waals surface area contributed by atoms with Gasteiger partial charge in [-0.2, -0.15) is 4.31 Å². The lowest BCUT2D eigenvalue weighted by Gasteiger charge is -2.31. The second-order valence-corrected chi connectivity index (χ2v) is 9.13. The van der Waals surface area contributed by atoms with E-state index in [4.69, 9.17) is 0 Å². The summed E-state index contributed by atoms with van der Waals surface area (Å²) < 4.78 is 27.3. The van der Waals surface area contributed by atoms with Crippen LogP contribution in [0.25, 0.3) is 0 Å². The summed E-state index contributed by atoms with van der Waals surface area (Å²) in [6.45, 7) is 8.35. The van der Waals surface area contributed by atoms with Crippen LogP contribution in [0, 0.1) is 13.8 Å². The normalized spacial score (nSPS) is 16.0. The minimum Gasteiger partial charge on any atom is -0.355 e. The first-order chi connectivity index (χ1) is 13.2. The molecule has 0 aliphatic carbocycles. The number of nitrogens with one attached hydrogen (secondary N) is 3. The number of hydrogen-bond donors (Lipinski definition) is 3. The predicted molar refractivity (Wildman–Crippen MR) is 107 cm³/mol. The summed E-state index contributed by atoms with van der Waals surface area (Å²) in [5.41, 5.74) is 1.77. The van der Waals surface area contributed by atoms with Gasteiger partial charge in [-0.25, -0.2) is 8.42 Å². The van der Waals surface area contributed by atoms with E-state index in [1.54, 1.807) is 6.07 Å². The van der Waals surface area contributed by atoms with Gasteiger partial charge in [-0.15, -0.1) is 0 Å². The molecule has 0 aromatic heterocycles. The van der Waals surface area contributed by atoms with Crippen LogP contribution in [-0.4, -0.2) is 70.4 Å². The monoisotopic (exact) mass is 411 g/mol. The molecule has 0 saturated carbocycles. The SMILES string of the molecule is CCCNC(=O)CNC(=O)C[NH+]1CCN(S(=O)(=O)c2ccc(C)cc2C)CC1. The van der Waals surface area contributed by atoms with E-state index in [-0.39, 0.29) is 24.9 Å². The number of amides is 2. The van der Waals surface area contributed by atoms with Gasteiger partial charge in [0, 0.05) is 6.54 Å². The van der Waals surface area contributed by atoms with Crippen LogP contribution in [0.3, 0.4) is 0 Å². The Morgan fingerprint density at radius 1 is 1.11 bits per heavy atom. The fourth-order valence-corrected chi connectivity index (χ4v) is 4.89. The first-order valence-corrected chi connectivity index (χ1v) is 11.1. The van der Waals surface area contributed by atoms with Crippen molar-refractivity contribution in [2.45, 2.75) is 32.1 Å². The Labute approximate surface area is 167 Å². The van der Waals surface area contributed by atoms with E-state index < -0.39 is 10.0 Å². The number of piperazine rings is 1. The molecule has 28 heavy (non-hydrogen) atoms. The summed E-state index contributed by atoms with van der Waals surface area (Å²) >= 11 is 0. The molecule has 1 fully saturated rings. The highest BCUT2D eigenvalue weighted by Gasteiger charge is 2.32. The smallest absolute Gasteiger partial charge is 0.275 e. The van der Waals surface area contributed by atoms with Crippen LogP contribution in [0.15, 0.2) is 23.1 Å². The highest BCUT2D eigenvalue weighted by Crippen LogP contribution is 2.20. The highest BCUT2D eigenvalue weighted by molar-refractivity contribution is 7.89. The average Bonchev–Trinajstić information content (AvgIpc) is 2.64. The van der Waals surface area contributed by atoms with E-state index >= 15 is 0 Å². The van der Waals surface area contributed by atoms with Crippen molar-refractivity contribution in [2.75, 3.05) is 45.8 Å². The maximum atomic E-state index is 12.9. The van der Waals surface area contributed by atoms with Crippen LogP contribution in [0.2, 0.25) is 0 Å². The quantitative estimate of drug-likeness (QED) is 0.502. The molecule has 0 bridgehead atoms. The second kappa shape index (κ2) is 9.99. The number of carbonyl (C=O) groups excluding carboxylic acids is 2. The van der Waals surface area contributed by atoms with E-state index in [0.717, 1.165) is 22.4 Å². The molecule has 8 nitrogen and oxygen atoms in total. The minimum absolute atomic E-state index is 0.0285. The van der Waals surface area contributed by atoms with Gasteiger partial charge in [0.15, 0.2) is 6.54 Å². The standard InChI is InChI=1S/C19H30N4O4S/c1-4-7-20-18(24)13-21-19(25)14-22-8-10-23(11-9-22)28(26,27)17-6-5-15(2)12-16(17)3/h5-6,12H,4,7-11,13-14H2,1-3H3,(H,20,24)(H,21,25)/p+1. The highest BCUT2D eigenvalue weighted by atomic mass is 32.2. The molecule has 1 aliphatic rings. The fourth-order valence-electron chi connectivity index (χ4n) is 3.24. The van der Waals surface area contributed by atoms with Crippen molar-refractivity contribution < 1.29 is 22.9 Å². The molecule has 0 spiro atoms. The minimum atomic E-state index is -3.53. The Kier molecular flexibility index (Phi) is 7.97. The molecule has 1 heterocycles. The molecule has 2 rings (SSSR count). The molecule has 1 saturated heterocycles. The molecule has 1 aromatic carbocycles. The van der Waals surface area contributed by atoms with Crippen LogP contribution < -0.4 is 15.5 Å². The molecule has 0 unspecified atom stereocenters. The zero-order chi connectivity index (χ0) is 20.7. The van der Waals surface area contributed by atoms with Crippen molar-refractivity contribution in [3.05, 3.63) is 29.3 Å². The lowest BCUT2D eigenvalue weighted by atomic mass is 10.2. The van der Waals surface area contributed by atoms with Gasteiger partial charge >= 0.3 is 0 Å². The van der Waals surface area contributed by atoms with Crippen molar-refractivity contribution in [2.24, 2.45) is 0 Å². The first kappa shape index (κ1) is 22.3. The molecule has 0 radical (unpaired) electrons. The van der Waals surface area contributed by atoms with Crippen LogP contribution in [0.1, 0.15) is 24.5 Å². The predicted octanol–water partition coefficient (Wildman–Crippen LogP) is -1.16. The third kappa shape index (κ3) is 6.02. The summed E-state index contributed by atoms with van der Waals surface area (Å²) in [5, 5.41) is 5.32. The average molecular weight is 412 g/mol. The molecule has 2 amide bonds. The van der Waals surface area contributed by atoms with E-state index in [9.17, 15) is 18.0 Å². The number of aryl methyl sites for hydroxylation is 2. The van der Waals surface area contributed by atoms with Gasteiger partial charge in [0.05, 0.1) is 37.6 Å². The second-order valence-electron chi connectivity index (χ2n) is 7.23. The molecule has 156 valence electrons. The maximum absolute atomic E-state index is 12.9. The number of hydrogen-bond acceptors (Lipinski definition) is 4. The Morgan fingerprint density at radius 3 is 2.39 bits per heavy atom. The molecule has 3 N–H and O–H groups in total. The Hall–Kier alpha value is -1.97. The van der Waals surface area contributed by atoms with Gasteiger partial charge < -0.3 is 15.5 Å². The summed E-state index contributed by atoms with van der Waals surface area (Å²) in [6, 6.07) is 5.34. The van der Waals surface area contributed by atoms with E-state index in [1.165, 1.54) is 4.31 Å². The molecule has 0 atom stereocenters. The zero-order valence-corrected chi connectivity index (χ0v) is 17.7. The van der Waals surface area contributed by atoms with Gasteiger partial charge in [0.25, 0.3) is 5.91 Å². The zero-order valence-electron chi connectivity index (χ0n) is 16.9. The summed E-state index contributed by atoms with van der Waals surface area (Å²) in [7, 11) is -3.53. The van der Waals surface area contributed by atoms with Crippen LogP contribution in [0.5, 0.6) is 0 Å². The molecule has 9 heteroatoms. The maximum Gasteiger partial charge on any atom is 0.275 e. The van der Waals surface area contributed by atoms with Gasteiger partial charge in [-0.3, -0.25) is 9.59 Å². The van der Waals surface area contributed by atoms with Crippen LogP contribution >= 0.6 is 0 Å². The van der Waals surface area contributed by atoms with Gasteiger partial charge in [0.2, 0.25) is 15.9 Å². The molecule has 1 aliphatic heterocycles. The summed E-state index contributed by atoms with van der Waals surface area (Å²) in [4.78, 5) is 24.9. The summed E-state index contributed by atoms with van der Waals surface area (Å²) in [6.07, 6.45) is 0.846. The number of benzene rings is 1. The first-order valence-electron chi connectivity index (χ1n) is 9.68. The van der Waals surface area contributed by atoms with Crippen molar-refractivity contribution in [1.29, 1.82) is 0 Å². The number of rotatable bonds is 8. The van der Waals surface area contributed by atoms with E-state index in [0.29, 0.717) is 37.6 Å². The largest absolute Gasteiger partial charge is 0.355 e. The molecular formula is C19H31N4O4S+. The van der Waals surface area contributed by atoms with Crippen LogP contribution in [-0.2, 0) is 19.6 Å². The molecular weight excluding hydrogens is 380 g/mol. The van der Waals surface area contributed by atoms with Crippen molar-refractivity contribution in [1.82, 2.24) is 14.9 Å². The van der Waals surface area contributed by atoms with Gasteiger partial charge in [0.1, 0.15) is 0 Å². The number of nitrogens with zero attached hydrogens (tertiary/aromatic N) is 1. The molecule has 1 aromatic rings. The van der Waals surface area contributed by atoms with Gasteiger partial charge in [-0.05, 0) is 31.9 Å². The van der Waals surface area contributed by atoms with E-state index in [2.05, 4.69) is 10.6 Å².